The minimum absolute atomic E-state index is 0.524. The van der Waals surface area contributed by atoms with Gasteiger partial charge in [-0.15, -0.1) is 10.2 Å². The molecule has 5 nitrogen and oxygen atoms in total. The van der Waals surface area contributed by atoms with E-state index in [0.717, 1.165) is 49.1 Å². The highest BCUT2D eigenvalue weighted by Gasteiger charge is 2.20. The van der Waals surface area contributed by atoms with Crippen LogP contribution in [0, 0.1) is 0 Å². The lowest BCUT2D eigenvalue weighted by Crippen LogP contribution is -2.06. The van der Waals surface area contributed by atoms with Crippen LogP contribution in [0.4, 0.5) is 0 Å². The van der Waals surface area contributed by atoms with Crippen LogP contribution < -0.4 is 0 Å². The molecule has 6 rings (SSSR count). The Kier molecular flexibility index (Phi) is 5.30. The molecule has 5 aromatic rings. The third-order valence-corrected chi connectivity index (χ3v) is 6.62. The molecule has 1 aliphatic carbocycles. The molecule has 5 heteroatoms. The summed E-state index contributed by atoms with van der Waals surface area (Å²) in [6.07, 6.45) is 7.44. The van der Waals surface area contributed by atoms with Crippen LogP contribution in [0.15, 0.2) is 77.5 Å². The van der Waals surface area contributed by atoms with E-state index < -0.39 is 0 Å². The first-order valence-electron chi connectivity index (χ1n) is 11.9. The van der Waals surface area contributed by atoms with E-state index in [2.05, 4.69) is 88.4 Å². The van der Waals surface area contributed by atoms with Crippen molar-refractivity contribution >= 4 is 22.7 Å². The van der Waals surface area contributed by atoms with Gasteiger partial charge < -0.3 is 8.98 Å². The molecule has 0 saturated heterocycles. The number of rotatable bonds is 5. The van der Waals surface area contributed by atoms with Gasteiger partial charge in [-0.05, 0) is 64.8 Å². The fourth-order valence-electron chi connectivity index (χ4n) is 5.05. The molecule has 168 valence electrons. The van der Waals surface area contributed by atoms with E-state index in [1.54, 1.807) is 0 Å². The van der Waals surface area contributed by atoms with Gasteiger partial charge >= 0.3 is 0 Å². The summed E-state index contributed by atoms with van der Waals surface area (Å²) >= 11 is 0. The lowest BCUT2D eigenvalue weighted by atomic mass is 9.92. The van der Waals surface area contributed by atoms with Crippen molar-refractivity contribution in [2.75, 3.05) is 0 Å². The fraction of sp³-hybridized carbons (Fsp3) is 0.207. The Labute approximate surface area is 198 Å². The SMILES string of the molecule is CCCc1nc2ccccc2n1Cc1ccc2c(c1)CCc1ccccc1/C2=C\c1nnco1. The first-order valence-corrected chi connectivity index (χ1v) is 11.9. The molecule has 0 atom stereocenters. The highest BCUT2D eigenvalue weighted by molar-refractivity contribution is 5.93. The van der Waals surface area contributed by atoms with Crippen LogP contribution in [0.3, 0.4) is 0 Å². The van der Waals surface area contributed by atoms with Crippen molar-refractivity contribution < 1.29 is 4.42 Å². The standard InChI is InChI=1S/C29H26N4O/c1-2-7-28-31-26-10-5-6-11-27(26)33(28)18-20-12-15-24-22(16-20)14-13-21-8-3-4-9-23(21)25(24)17-29-32-30-19-34-29/h3-6,8-12,15-17,19H,2,7,13-14,18H2,1H3/b25-17+. The Hall–Kier alpha value is -3.99. The summed E-state index contributed by atoms with van der Waals surface area (Å²) in [6.45, 7) is 3.03. The summed E-state index contributed by atoms with van der Waals surface area (Å²) in [5, 5.41) is 7.96. The maximum Gasteiger partial charge on any atom is 0.240 e. The van der Waals surface area contributed by atoms with Crippen molar-refractivity contribution in [2.45, 2.75) is 39.2 Å². The average Bonchev–Trinajstić information content (AvgIpc) is 3.47. The lowest BCUT2D eigenvalue weighted by molar-refractivity contribution is 0.542. The zero-order chi connectivity index (χ0) is 22.9. The second-order valence-electron chi connectivity index (χ2n) is 8.84. The molecule has 0 bridgehead atoms. The number of hydrogen-bond acceptors (Lipinski definition) is 4. The van der Waals surface area contributed by atoms with Gasteiger partial charge in [0.2, 0.25) is 12.3 Å². The van der Waals surface area contributed by atoms with Crippen LogP contribution >= 0.6 is 0 Å². The molecule has 0 fully saturated rings. The number of aromatic nitrogens is 4. The van der Waals surface area contributed by atoms with Gasteiger partial charge in [-0.1, -0.05) is 61.5 Å². The molecule has 0 spiro atoms. The summed E-state index contributed by atoms with van der Waals surface area (Å²) in [7, 11) is 0. The number of para-hydroxylation sites is 2. The Morgan fingerprint density at radius 1 is 0.941 bits per heavy atom. The molecule has 1 aliphatic rings. The molecule has 0 amide bonds. The predicted octanol–water partition coefficient (Wildman–Crippen LogP) is 6.11. The predicted molar refractivity (Wildman–Crippen MR) is 134 cm³/mol. The van der Waals surface area contributed by atoms with Crippen LogP contribution in [0.5, 0.6) is 0 Å². The zero-order valence-electron chi connectivity index (χ0n) is 19.2. The Bertz CT molecular complexity index is 1490. The number of hydrogen-bond donors (Lipinski definition) is 0. The van der Waals surface area contributed by atoms with Crippen LogP contribution in [-0.4, -0.2) is 19.7 Å². The molecule has 2 heterocycles. The third kappa shape index (κ3) is 3.73. The van der Waals surface area contributed by atoms with E-state index in [-0.39, 0.29) is 0 Å². The van der Waals surface area contributed by atoms with Crippen molar-refractivity contribution in [3.8, 4) is 0 Å². The highest BCUT2D eigenvalue weighted by atomic mass is 16.4. The van der Waals surface area contributed by atoms with Gasteiger partial charge in [-0.25, -0.2) is 4.98 Å². The second-order valence-corrected chi connectivity index (χ2v) is 8.84. The van der Waals surface area contributed by atoms with E-state index in [1.807, 2.05) is 6.08 Å². The van der Waals surface area contributed by atoms with Crippen molar-refractivity contribution in [3.05, 3.63) is 113 Å². The van der Waals surface area contributed by atoms with E-state index in [0.29, 0.717) is 5.89 Å². The van der Waals surface area contributed by atoms with Gasteiger partial charge in [0.05, 0.1) is 11.0 Å². The number of nitrogens with zero attached hydrogens (tertiary/aromatic N) is 4. The van der Waals surface area contributed by atoms with Gasteiger partial charge in [-0.3, -0.25) is 0 Å². The van der Waals surface area contributed by atoms with Crippen molar-refractivity contribution in [1.29, 1.82) is 0 Å². The van der Waals surface area contributed by atoms with E-state index >= 15 is 0 Å². The minimum Gasteiger partial charge on any atom is -0.424 e. The summed E-state index contributed by atoms with van der Waals surface area (Å²) in [6, 6.07) is 23.9. The van der Waals surface area contributed by atoms with Crippen LogP contribution in [0.2, 0.25) is 0 Å². The Morgan fingerprint density at radius 2 is 1.76 bits per heavy atom. The Balaban J connectivity index is 1.43. The fourth-order valence-corrected chi connectivity index (χ4v) is 5.05. The van der Waals surface area contributed by atoms with Crippen LogP contribution in [0.1, 0.15) is 52.9 Å². The first kappa shape index (κ1) is 20.6. The lowest BCUT2D eigenvalue weighted by Gasteiger charge is -2.14. The normalized spacial score (nSPS) is 14.2. The minimum atomic E-state index is 0.524. The maximum absolute atomic E-state index is 5.47. The molecule has 0 N–H and O–H groups in total. The quantitative estimate of drug-likeness (QED) is 0.327. The number of aryl methyl sites for hydroxylation is 3. The second kappa shape index (κ2) is 8.75. The van der Waals surface area contributed by atoms with Gasteiger partial charge in [0.15, 0.2) is 0 Å². The third-order valence-electron chi connectivity index (χ3n) is 6.62. The van der Waals surface area contributed by atoms with E-state index in [1.165, 1.54) is 39.7 Å². The molecule has 2 aromatic heterocycles. The van der Waals surface area contributed by atoms with Crippen molar-refractivity contribution in [3.63, 3.8) is 0 Å². The van der Waals surface area contributed by atoms with Gasteiger partial charge in [0, 0.05) is 19.0 Å². The topological polar surface area (TPSA) is 56.7 Å². The number of imidazole rings is 1. The van der Waals surface area contributed by atoms with Crippen LogP contribution in [-0.2, 0) is 25.8 Å². The van der Waals surface area contributed by atoms with E-state index in [9.17, 15) is 0 Å². The zero-order valence-corrected chi connectivity index (χ0v) is 19.2. The molecule has 0 unspecified atom stereocenters. The largest absolute Gasteiger partial charge is 0.424 e. The molecule has 3 aromatic carbocycles. The average molecular weight is 447 g/mol. The molecular formula is C29H26N4O. The first-order chi connectivity index (χ1) is 16.8. The highest BCUT2D eigenvalue weighted by Crippen LogP contribution is 2.35. The summed E-state index contributed by atoms with van der Waals surface area (Å²) < 4.78 is 7.85. The summed E-state index contributed by atoms with van der Waals surface area (Å²) in [5.41, 5.74) is 9.86. The molecule has 0 radical (unpaired) electrons. The maximum atomic E-state index is 5.47. The van der Waals surface area contributed by atoms with Crippen molar-refractivity contribution in [2.24, 2.45) is 0 Å². The molecule has 0 saturated carbocycles. The van der Waals surface area contributed by atoms with Gasteiger partial charge in [-0.2, -0.15) is 0 Å². The van der Waals surface area contributed by atoms with E-state index in [4.69, 9.17) is 9.40 Å². The molecule has 34 heavy (non-hydrogen) atoms. The van der Waals surface area contributed by atoms with Crippen molar-refractivity contribution in [1.82, 2.24) is 19.7 Å². The number of benzene rings is 3. The van der Waals surface area contributed by atoms with Crippen LogP contribution in [0.25, 0.3) is 22.7 Å². The summed E-state index contributed by atoms with van der Waals surface area (Å²) in [4.78, 5) is 4.91. The van der Waals surface area contributed by atoms with Gasteiger partial charge in [0.1, 0.15) is 5.82 Å². The number of fused-ring (bicyclic) bond motifs is 3. The smallest absolute Gasteiger partial charge is 0.240 e. The molecular weight excluding hydrogens is 420 g/mol. The monoisotopic (exact) mass is 446 g/mol. The molecule has 0 aliphatic heterocycles. The Morgan fingerprint density at radius 3 is 2.65 bits per heavy atom. The summed E-state index contributed by atoms with van der Waals surface area (Å²) in [5.74, 6) is 1.68. The van der Waals surface area contributed by atoms with Gasteiger partial charge in [0.25, 0.3) is 0 Å².